The van der Waals surface area contributed by atoms with E-state index in [-0.39, 0.29) is 5.41 Å². The molecule has 1 fully saturated rings. The van der Waals surface area contributed by atoms with Crippen molar-refractivity contribution in [3.8, 4) is 0 Å². The van der Waals surface area contributed by atoms with Crippen LogP contribution in [0.1, 0.15) is 62.7 Å². The zero-order valence-electron chi connectivity index (χ0n) is 14.5. The van der Waals surface area contributed by atoms with E-state index in [2.05, 4.69) is 51.8 Å². The van der Waals surface area contributed by atoms with Gasteiger partial charge >= 0.3 is 0 Å². The Morgan fingerprint density at radius 1 is 1.43 bits per heavy atom. The average molecular weight is 310 g/mol. The van der Waals surface area contributed by atoms with E-state index >= 15 is 0 Å². The van der Waals surface area contributed by atoms with Gasteiger partial charge in [-0.25, -0.2) is 4.98 Å². The van der Waals surface area contributed by atoms with E-state index in [1.165, 1.54) is 41.6 Å². The van der Waals surface area contributed by atoms with Crippen LogP contribution in [0.2, 0.25) is 0 Å². The summed E-state index contributed by atoms with van der Waals surface area (Å²) in [7, 11) is 0. The molecule has 1 saturated heterocycles. The number of rotatable bonds is 5. The molecule has 1 aliphatic rings. The lowest BCUT2D eigenvalue weighted by Crippen LogP contribution is -2.28. The monoisotopic (exact) mass is 309 g/mol. The van der Waals surface area contributed by atoms with Crippen molar-refractivity contribution in [2.75, 3.05) is 26.2 Å². The lowest BCUT2D eigenvalue weighted by atomic mass is 9.98. The van der Waals surface area contributed by atoms with Crippen molar-refractivity contribution in [1.82, 2.24) is 15.2 Å². The van der Waals surface area contributed by atoms with E-state index in [1.807, 2.05) is 11.3 Å². The highest BCUT2D eigenvalue weighted by molar-refractivity contribution is 7.12. The highest BCUT2D eigenvalue weighted by Crippen LogP contribution is 2.32. The topological polar surface area (TPSA) is 28.2 Å². The summed E-state index contributed by atoms with van der Waals surface area (Å²) in [4.78, 5) is 8.73. The van der Waals surface area contributed by atoms with Gasteiger partial charge in [0.1, 0.15) is 0 Å². The second-order valence-corrected chi connectivity index (χ2v) is 8.43. The second kappa shape index (κ2) is 6.76. The van der Waals surface area contributed by atoms with Crippen LogP contribution in [0.3, 0.4) is 0 Å². The van der Waals surface area contributed by atoms with Crippen LogP contribution in [0, 0.1) is 12.8 Å². The van der Waals surface area contributed by atoms with Crippen LogP contribution in [-0.4, -0.2) is 36.1 Å². The van der Waals surface area contributed by atoms with Crippen LogP contribution < -0.4 is 5.32 Å². The third-order valence-electron chi connectivity index (χ3n) is 4.40. The smallest absolute Gasteiger partial charge is 0.0985 e. The molecule has 0 saturated carbocycles. The fourth-order valence-electron chi connectivity index (χ4n) is 2.93. The molecule has 1 aliphatic heterocycles. The van der Waals surface area contributed by atoms with Crippen LogP contribution in [-0.2, 0) is 5.41 Å². The number of hydrogen-bond donors (Lipinski definition) is 1. The van der Waals surface area contributed by atoms with Crippen molar-refractivity contribution in [3.63, 3.8) is 0 Å². The van der Waals surface area contributed by atoms with Gasteiger partial charge in [0, 0.05) is 22.9 Å². The van der Waals surface area contributed by atoms with Crippen LogP contribution in [0.4, 0.5) is 0 Å². The molecule has 0 radical (unpaired) electrons. The summed E-state index contributed by atoms with van der Waals surface area (Å²) < 4.78 is 0. The molecule has 0 spiro atoms. The minimum atomic E-state index is 0.153. The molecule has 4 heteroatoms. The van der Waals surface area contributed by atoms with Gasteiger partial charge in [0.15, 0.2) is 0 Å². The number of nitrogens with zero attached hydrogens (tertiary/aromatic N) is 2. The maximum atomic E-state index is 4.78. The standard InChI is InChI=1S/C17H31N3S/c1-7-20-9-8-14(11-20)10-18-12(2)15-13(3)19-16(21-15)17(4,5)6/h12,14,18H,7-11H2,1-6H3. The summed E-state index contributed by atoms with van der Waals surface area (Å²) in [5.41, 5.74) is 1.35. The van der Waals surface area contributed by atoms with Gasteiger partial charge in [-0.3, -0.25) is 0 Å². The maximum absolute atomic E-state index is 4.78. The van der Waals surface area contributed by atoms with Gasteiger partial charge in [-0.1, -0.05) is 27.7 Å². The first-order valence-electron chi connectivity index (χ1n) is 8.24. The minimum Gasteiger partial charge on any atom is -0.309 e. The zero-order chi connectivity index (χ0) is 15.6. The predicted molar refractivity (Wildman–Crippen MR) is 92.2 cm³/mol. The molecule has 120 valence electrons. The summed E-state index contributed by atoms with van der Waals surface area (Å²) in [6.45, 7) is 18.2. The quantitative estimate of drug-likeness (QED) is 0.898. The van der Waals surface area contributed by atoms with Crippen molar-refractivity contribution >= 4 is 11.3 Å². The Morgan fingerprint density at radius 2 is 2.14 bits per heavy atom. The number of nitrogens with one attached hydrogen (secondary N) is 1. The Bertz CT molecular complexity index is 461. The van der Waals surface area contributed by atoms with Gasteiger partial charge < -0.3 is 10.2 Å². The maximum Gasteiger partial charge on any atom is 0.0985 e. The normalized spacial score (nSPS) is 21.9. The molecule has 3 nitrogen and oxygen atoms in total. The Kier molecular flexibility index (Phi) is 5.44. The second-order valence-electron chi connectivity index (χ2n) is 7.40. The molecule has 2 atom stereocenters. The van der Waals surface area contributed by atoms with Crippen LogP contribution in [0.25, 0.3) is 0 Å². The SMILES string of the molecule is CCN1CCC(CNC(C)c2sc(C(C)(C)C)nc2C)C1. The largest absolute Gasteiger partial charge is 0.309 e. The van der Waals surface area contributed by atoms with Crippen LogP contribution in [0.15, 0.2) is 0 Å². The highest BCUT2D eigenvalue weighted by Gasteiger charge is 2.24. The van der Waals surface area contributed by atoms with Crippen LogP contribution in [0.5, 0.6) is 0 Å². The van der Waals surface area contributed by atoms with Crippen LogP contribution >= 0.6 is 11.3 Å². The van der Waals surface area contributed by atoms with E-state index in [0.29, 0.717) is 6.04 Å². The molecule has 0 aromatic carbocycles. The molecule has 0 aliphatic carbocycles. The predicted octanol–water partition coefficient (Wildman–Crippen LogP) is 3.74. The Hall–Kier alpha value is -0.450. The van der Waals surface area contributed by atoms with E-state index < -0.39 is 0 Å². The highest BCUT2D eigenvalue weighted by atomic mass is 32.1. The number of aryl methyl sites for hydroxylation is 1. The molecule has 1 aromatic heterocycles. The van der Waals surface area contributed by atoms with Gasteiger partial charge in [0.2, 0.25) is 0 Å². The Morgan fingerprint density at radius 3 is 2.67 bits per heavy atom. The van der Waals surface area contributed by atoms with Gasteiger partial charge in [0.05, 0.1) is 10.7 Å². The molecule has 1 N–H and O–H groups in total. The van der Waals surface area contributed by atoms with E-state index in [9.17, 15) is 0 Å². The molecular formula is C17H31N3S. The molecule has 21 heavy (non-hydrogen) atoms. The number of aromatic nitrogens is 1. The first-order valence-corrected chi connectivity index (χ1v) is 9.06. The molecule has 1 aromatic rings. The number of hydrogen-bond acceptors (Lipinski definition) is 4. The Labute approximate surface area is 134 Å². The van der Waals surface area contributed by atoms with Gasteiger partial charge in [-0.2, -0.15) is 0 Å². The van der Waals surface area contributed by atoms with Gasteiger partial charge in [0.25, 0.3) is 0 Å². The molecule has 0 amide bonds. The summed E-state index contributed by atoms with van der Waals surface area (Å²) in [6, 6.07) is 0.411. The number of thiazole rings is 1. The van der Waals surface area contributed by atoms with Gasteiger partial charge in [-0.05, 0) is 45.8 Å². The Balaban J connectivity index is 1.92. The van der Waals surface area contributed by atoms with Crippen molar-refractivity contribution in [2.24, 2.45) is 5.92 Å². The average Bonchev–Trinajstić information content (AvgIpc) is 3.01. The van der Waals surface area contributed by atoms with E-state index in [0.717, 1.165) is 12.5 Å². The minimum absolute atomic E-state index is 0.153. The fraction of sp³-hybridized carbons (Fsp3) is 0.824. The summed E-state index contributed by atoms with van der Waals surface area (Å²) in [5, 5.41) is 4.99. The molecular weight excluding hydrogens is 278 g/mol. The summed E-state index contributed by atoms with van der Waals surface area (Å²) in [6.07, 6.45) is 1.34. The third-order valence-corrected chi connectivity index (χ3v) is 6.16. The fourth-order valence-corrected chi connectivity index (χ4v) is 4.08. The first-order chi connectivity index (χ1) is 9.81. The van der Waals surface area contributed by atoms with Gasteiger partial charge in [-0.15, -0.1) is 11.3 Å². The van der Waals surface area contributed by atoms with E-state index in [1.54, 1.807) is 0 Å². The lowest BCUT2D eigenvalue weighted by molar-refractivity contribution is 0.336. The number of likely N-dealkylation sites (tertiary alicyclic amines) is 1. The summed E-state index contributed by atoms with van der Waals surface area (Å²) >= 11 is 1.88. The third kappa shape index (κ3) is 4.27. The zero-order valence-corrected chi connectivity index (χ0v) is 15.3. The first kappa shape index (κ1) is 16.9. The molecule has 0 bridgehead atoms. The molecule has 2 rings (SSSR count). The lowest BCUT2D eigenvalue weighted by Gasteiger charge is -2.17. The van der Waals surface area contributed by atoms with Crippen molar-refractivity contribution < 1.29 is 0 Å². The van der Waals surface area contributed by atoms with Crippen molar-refractivity contribution in [3.05, 3.63) is 15.6 Å². The van der Waals surface area contributed by atoms with Crippen molar-refractivity contribution in [2.45, 2.75) is 59.4 Å². The molecule has 2 heterocycles. The molecule has 2 unspecified atom stereocenters. The summed E-state index contributed by atoms with van der Waals surface area (Å²) in [5.74, 6) is 0.808. The van der Waals surface area contributed by atoms with E-state index in [4.69, 9.17) is 4.98 Å². The van der Waals surface area contributed by atoms with Crippen molar-refractivity contribution in [1.29, 1.82) is 0 Å².